The lowest BCUT2D eigenvalue weighted by Crippen LogP contribution is -2.40. The van der Waals surface area contributed by atoms with Crippen LogP contribution in [0.15, 0.2) is 218 Å². The number of hydrogen-bond donors (Lipinski definition) is 0. The van der Waals surface area contributed by atoms with Crippen LogP contribution >= 0.6 is 0 Å². The first-order chi connectivity index (χ1) is 31.5. The minimum Gasteiger partial charge on any atom is -0.228 e. The Bertz CT molecular complexity index is 3230. The third-order valence-electron chi connectivity index (χ3n) is 14.1. The van der Waals surface area contributed by atoms with Gasteiger partial charge in [-0.15, -0.1) is 0 Å². The van der Waals surface area contributed by atoms with Crippen molar-refractivity contribution in [3.05, 3.63) is 257 Å². The topological polar surface area (TPSA) is 25.8 Å². The molecule has 3 aliphatic rings. The average molecular weight is 819 g/mol. The molecule has 0 radical (unpaired) electrons. The van der Waals surface area contributed by atoms with Gasteiger partial charge < -0.3 is 0 Å². The lowest BCUT2D eigenvalue weighted by Gasteiger charge is -2.46. The molecule has 9 aromatic rings. The van der Waals surface area contributed by atoms with Gasteiger partial charge in [0, 0.05) is 22.1 Å². The summed E-state index contributed by atoms with van der Waals surface area (Å²) in [5, 5.41) is 0. The minimum absolute atomic E-state index is 0.191. The Morgan fingerprint density at radius 1 is 0.391 bits per heavy atom. The van der Waals surface area contributed by atoms with Crippen molar-refractivity contribution in [2.45, 2.75) is 37.5 Å². The monoisotopic (exact) mass is 818 g/mol. The van der Waals surface area contributed by atoms with Crippen molar-refractivity contribution in [3.8, 4) is 67.3 Å². The summed E-state index contributed by atoms with van der Waals surface area (Å²) in [5.74, 6) is 0.712. The number of nitrogens with zero attached hydrogens (tertiary/aromatic N) is 2. The predicted molar refractivity (Wildman–Crippen MR) is 265 cm³/mol. The molecule has 1 spiro atoms. The van der Waals surface area contributed by atoms with Gasteiger partial charge in [-0.1, -0.05) is 214 Å². The van der Waals surface area contributed by atoms with Gasteiger partial charge >= 0.3 is 0 Å². The molecule has 0 aliphatic heterocycles. The quantitative estimate of drug-likeness (QED) is 0.167. The van der Waals surface area contributed by atoms with Crippen LogP contribution in [0.2, 0.25) is 0 Å². The van der Waals surface area contributed by atoms with Crippen LogP contribution in [0.5, 0.6) is 0 Å². The molecule has 0 bridgehead atoms. The number of hydrogen-bond acceptors (Lipinski definition) is 2. The maximum absolute atomic E-state index is 5.44. The van der Waals surface area contributed by atoms with E-state index >= 15 is 0 Å². The predicted octanol–water partition coefficient (Wildman–Crippen LogP) is 15.5. The van der Waals surface area contributed by atoms with Gasteiger partial charge in [0.15, 0.2) is 5.82 Å². The Kier molecular flexibility index (Phi) is 8.91. The van der Waals surface area contributed by atoms with Crippen molar-refractivity contribution in [1.29, 1.82) is 0 Å². The number of allylic oxidation sites excluding steroid dienone is 4. The molecule has 2 nitrogen and oxygen atoms in total. The van der Waals surface area contributed by atoms with Gasteiger partial charge in [0.1, 0.15) is 0 Å². The molecule has 1 heterocycles. The maximum Gasteiger partial charge on any atom is 0.160 e. The smallest absolute Gasteiger partial charge is 0.160 e. The van der Waals surface area contributed by atoms with E-state index in [0.29, 0.717) is 5.82 Å². The highest BCUT2D eigenvalue weighted by atomic mass is 14.9. The SMILES string of the molecule is CC1(C)c2ccccc2C2(c3ccc(-c4cccc(-c5ccc(C6=CC=CCC6)cc5)c4)cc3-c3c(-c4cc(-c5ccccc5)nc(-c5ccccc5)n4)cccc32)c2ccccc21. The van der Waals surface area contributed by atoms with E-state index in [1.165, 1.54) is 77.9 Å². The van der Waals surface area contributed by atoms with Crippen molar-refractivity contribution in [2.24, 2.45) is 0 Å². The zero-order valence-electron chi connectivity index (χ0n) is 36.1. The second-order valence-electron chi connectivity index (χ2n) is 18.0. The van der Waals surface area contributed by atoms with Crippen LogP contribution in [0.1, 0.15) is 65.6 Å². The summed E-state index contributed by atoms with van der Waals surface area (Å²) in [4.78, 5) is 10.6. The fraction of sp³-hybridized carbons (Fsp3) is 0.0968. The van der Waals surface area contributed by atoms with Crippen molar-refractivity contribution < 1.29 is 0 Å². The first kappa shape index (κ1) is 38.0. The zero-order valence-corrected chi connectivity index (χ0v) is 36.1. The van der Waals surface area contributed by atoms with Crippen molar-refractivity contribution >= 4 is 5.57 Å². The molecule has 64 heavy (non-hydrogen) atoms. The third-order valence-corrected chi connectivity index (χ3v) is 14.1. The summed E-state index contributed by atoms with van der Waals surface area (Å²) in [5.41, 5.74) is 22.2. The highest BCUT2D eigenvalue weighted by Crippen LogP contribution is 2.63. The summed E-state index contributed by atoms with van der Waals surface area (Å²) in [6, 6.07) is 73.7. The van der Waals surface area contributed by atoms with Crippen LogP contribution in [0.25, 0.3) is 72.9 Å². The molecule has 12 rings (SSSR count). The molecule has 0 N–H and O–H groups in total. The first-order valence-electron chi connectivity index (χ1n) is 22.5. The zero-order chi connectivity index (χ0) is 42.8. The van der Waals surface area contributed by atoms with Crippen LogP contribution in [0, 0.1) is 0 Å². The lowest BCUT2D eigenvalue weighted by molar-refractivity contribution is 0.563. The second-order valence-corrected chi connectivity index (χ2v) is 18.0. The molecule has 3 aliphatic carbocycles. The molecular formula is C62H46N2. The normalized spacial score (nSPS) is 14.9. The fourth-order valence-electron chi connectivity index (χ4n) is 11.0. The Balaban J connectivity index is 1.10. The summed E-state index contributed by atoms with van der Waals surface area (Å²) < 4.78 is 0. The molecule has 1 aromatic heterocycles. The summed E-state index contributed by atoms with van der Waals surface area (Å²) in [7, 11) is 0. The Morgan fingerprint density at radius 2 is 0.938 bits per heavy atom. The summed E-state index contributed by atoms with van der Waals surface area (Å²) in [6.07, 6.45) is 8.86. The molecule has 0 fully saturated rings. The van der Waals surface area contributed by atoms with E-state index in [4.69, 9.17) is 9.97 Å². The Labute approximate surface area is 376 Å². The molecule has 2 heteroatoms. The summed E-state index contributed by atoms with van der Waals surface area (Å²) >= 11 is 0. The molecule has 0 atom stereocenters. The van der Waals surface area contributed by atoms with Gasteiger partial charge in [-0.05, 0) is 109 Å². The van der Waals surface area contributed by atoms with Crippen LogP contribution < -0.4 is 0 Å². The Morgan fingerprint density at radius 3 is 1.62 bits per heavy atom. The second kappa shape index (κ2) is 15.0. The summed E-state index contributed by atoms with van der Waals surface area (Å²) in [6.45, 7) is 4.77. The Hall–Kier alpha value is -7.68. The van der Waals surface area contributed by atoms with Gasteiger partial charge in [0.05, 0.1) is 16.8 Å². The van der Waals surface area contributed by atoms with E-state index in [2.05, 4.69) is 226 Å². The largest absolute Gasteiger partial charge is 0.228 e. The molecule has 0 saturated carbocycles. The third kappa shape index (κ3) is 5.93. The van der Waals surface area contributed by atoms with Gasteiger partial charge in [-0.2, -0.15) is 0 Å². The first-order valence-corrected chi connectivity index (χ1v) is 22.5. The average Bonchev–Trinajstić information content (AvgIpc) is 3.67. The molecular weight excluding hydrogens is 773 g/mol. The highest BCUT2D eigenvalue weighted by Gasteiger charge is 2.53. The fourth-order valence-corrected chi connectivity index (χ4v) is 11.0. The van der Waals surface area contributed by atoms with Crippen LogP contribution in [-0.2, 0) is 10.8 Å². The molecule has 8 aromatic carbocycles. The van der Waals surface area contributed by atoms with E-state index in [9.17, 15) is 0 Å². The number of fused-ring (bicyclic) bond motifs is 9. The van der Waals surface area contributed by atoms with Crippen LogP contribution in [0.4, 0.5) is 0 Å². The van der Waals surface area contributed by atoms with E-state index < -0.39 is 5.41 Å². The highest BCUT2D eigenvalue weighted by molar-refractivity contribution is 5.98. The van der Waals surface area contributed by atoms with E-state index in [0.717, 1.165) is 40.9 Å². The van der Waals surface area contributed by atoms with Gasteiger partial charge in [0.2, 0.25) is 0 Å². The molecule has 0 unspecified atom stereocenters. The van der Waals surface area contributed by atoms with Crippen molar-refractivity contribution in [2.75, 3.05) is 0 Å². The van der Waals surface area contributed by atoms with Crippen LogP contribution in [-0.4, -0.2) is 9.97 Å². The maximum atomic E-state index is 5.44. The molecule has 0 amide bonds. The lowest BCUT2D eigenvalue weighted by atomic mass is 9.55. The van der Waals surface area contributed by atoms with E-state index in [-0.39, 0.29) is 5.41 Å². The van der Waals surface area contributed by atoms with Crippen LogP contribution in [0.3, 0.4) is 0 Å². The standard InChI is InChI=1S/C62H46N2/c1-61(2)52-27-12-14-29-54(52)62(55-30-15-13-28-53(55)61)51-37-36-48(47-25-16-24-46(38-47)43-34-32-42(33-35-43)41-18-6-3-7-19-41)39-50(51)59-49(26-17-31-56(59)62)58-40-57(44-20-8-4-9-21-44)63-60(64-58)45-22-10-5-11-23-45/h3-6,8-18,20-40H,7,19H2,1-2H3. The van der Waals surface area contributed by atoms with Crippen molar-refractivity contribution in [1.82, 2.24) is 9.97 Å². The van der Waals surface area contributed by atoms with E-state index in [1.54, 1.807) is 0 Å². The number of aromatic nitrogens is 2. The van der Waals surface area contributed by atoms with E-state index in [1.807, 2.05) is 6.07 Å². The number of rotatable bonds is 6. The van der Waals surface area contributed by atoms with Gasteiger partial charge in [-0.3, -0.25) is 0 Å². The van der Waals surface area contributed by atoms with Gasteiger partial charge in [-0.25, -0.2) is 9.97 Å². The molecule has 304 valence electrons. The van der Waals surface area contributed by atoms with Crippen molar-refractivity contribution in [3.63, 3.8) is 0 Å². The molecule has 0 saturated heterocycles. The minimum atomic E-state index is -0.549. The van der Waals surface area contributed by atoms with Gasteiger partial charge in [0.25, 0.3) is 0 Å². The number of benzene rings is 8.